The summed E-state index contributed by atoms with van der Waals surface area (Å²) in [4.78, 5) is 12.1. The Morgan fingerprint density at radius 3 is 2.67 bits per heavy atom. The molecule has 1 amide bonds. The zero-order chi connectivity index (χ0) is 13.4. The van der Waals surface area contributed by atoms with Crippen LogP contribution in [0, 0.1) is 5.41 Å². The second-order valence-corrected chi connectivity index (χ2v) is 4.47. The standard InChI is InChI=1S/C12H23N5O/c1-3-12(4-2,10-13)11(18)14-6-5-8-17-9-7-15-16-17/h7,9H,3-6,8,10,13H2,1-2H3,(H,14,18). The molecule has 0 atom stereocenters. The highest BCUT2D eigenvalue weighted by Gasteiger charge is 2.32. The van der Waals surface area contributed by atoms with Crippen molar-refractivity contribution in [2.75, 3.05) is 13.1 Å². The molecule has 1 aromatic rings. The van der Waals surface area contributed by atoms with Crippen molar-refractivity contribution in [1.29, 1.82) is 0 Å². The molecule has 6 heteroatoms. The molecule has 0 bridgehead atoms. The monoisotopic (exact) mass is 253 g/mol. The van der Waals surface area contributed by atoms with Gasteiger partial charge in [0.15, 0.2) is 0 Å². The van der Waals surface area contributed by atoms with E-state index in [-0.39, 0.29) is 5.91 Å². The van der Waals surface area contributed by atoms with Crippen LogP contribution in [-0.2, 0) is 11.3 Å². The maximum Gasteiger partial charge on any atom is 0.227 e. The SMILES string of the molecule is CCC(CC)(CN)C(=O)NCCCn1ccnn1. The molecule has 3 N–H and O–H groups in total. The van der Waals surface area contributed by atoms with Crippen LogP contribution in [0.3, 0.4) is 0 Å². The molecule has 6 nitrogen and oxygen atoms in total. The highest BCUT2D eigenvalue weighted by Crippen LogP contribution is 2.24. The van der Waals surface area contributed by atoms with Crippen molar-refractivity contribution in [2.45, 2.75) is 39.7 Å². The molecule has 1 rings (SSSR count). The van der Waals surface area contributed by atoms with Crippen LogP contribution in [0.1, 0.15) is 33.1 Å². The fraction of sp³-hybridized carbons (Fsp3) is 0.750. The Bertz CT molecular complexity index is 337. The molecule has 0 radical (unpaired) electrons. The van der Waals surface area contributed by atoms with Gasteiger partial charge in [0.2, 0.25) is 5.91 Å². The summed E-state index contributed by atoms with van der Waals surface area (Å²) in [6, 6.07) is 0. The molecule has 1 aromatic heterocycles. The first-order chi connectivity index (χ1) is 8.68. The van der Waals surface area contributed by atoms with E-state index in [2.05, 4.69) is 15.6 Å². The molecule has 0 aromatic carbocycles. The number of nitrogens with two attached hydrogens (primary N) is 1. The van der Waals surface area contributed by atoms with Crippen LogP contribution in [0.15, 0.2) is 12.4 Å². The number of amides is 1. The van der Waals surface area contributed by atoms with Gasteiger partial charge in [-0.2, -0.15) is 0 Å². The van der Waals surface area contributed by atoms with Gasteiger partial charge < -0.3 is 11.1 Å². The lowest BCUT2D eigenvalue weighted by molar-refractivity contribution is -0.131. The molecule has 0 saturated carbocycles. The van der Waals surface area contributed by atoms with Gasteiger partial charge in [0, 0.05) is 25.8 Å². The highest BCUT2D eigenvalue weighted by molar-refractivity contribution is 5.82. The Labute approximate surface area is 108 Å². The summed E-state index contributed by atoms with van der Waals surface area (Å²) in [5.74, 6) is 0.0635. The lowest BCUT2D eigenvalue weighted by Crippen LogP contribution is -2.45. The molecule has 1 heterocycles. The van der Waals surface area contributed by atoms with Crippen molar-refractivity contribution in [1.82, 2.24) is 20.3 Å². The molecule has 0 fully saturated rings. The summed E-state index contributed by atoms with van der Waals surface area (Å²) in [5, 5.41) is 10.5. The number of rotatable bonds is 8. The lowest BCUT2D eigenvalue weighted by Gasteiger charge is -2.28. The van der Waals surface area contributed by atoms with Gasteiger partial charge in [0.05, 0.1) is 11.6 Å². The molecule has 0 spiro atoms. The van der Waals surface area contributed by atoms with Crippen molar-refractivity contribution >= 4 is 5.91 Å². The van der Waals surface area contributed by atoms with Crippen molar-refractivity contribution in [3.8, 4) is 0 Å². The summed E-state index contributed by atoms with van der Waals surface area (Å²) in [6.45, 7) is 5.81. The van der Waals surface area contributed by atoms with E-state index in [1.807, 2.05) is 20.0 Å². The van der Waals surface area contributed by atoms with E-state index in [0.29, 0.717) is 13.1 Å². The Kier molecular flexibility index (Phi) is 5.77. The Morgan fingerprint density at radius 2 is 2.17 bits per heavy atom. The summed E-state index contributed by atoms with van der Waals surface area (Å²) in [6.07, 6.45) is 5.84. The number of aromatic nitrogens is 3. The normalized spacial score (nSPS) is 11.5. The Balaban J connectivity index is 2.31. The molecule has 0 saturated heterocycles. The second-order valence-electron chi connectivity index (χ2n) is 4.47. The maximum absolute atomic E-state index is 12.1. The van der Waals surface area contributed by atoms with Gasteiger partial charge in [-0.1, -0.05) is 19.1 Å². The molecule has 18 heavy (non-hydrogen) atoms. The van der Waals surface area contributed by atoms with Gasteiger partial charge in [0.1, 0.15) is 0 Å². The predicted octanol–water partition coefficient (Wildman–Crippen LogP) is 0.550. The number of aryl methyl sites for hydroxylation is 1. The molecular weight excluding hydrogens is 230 g/mol. The number of carbonyl (C=O) groups excluding carboxylic acids is 1. The summed E-state index contributed by atoms with van der Waals surface area (Å²) in [7, 11) is 0. The van der Waals surface area contributed by atoms with Crippen LogP contribution in [0.25, 0.3) is 0 Å². The molecular formula is C12H23N5O. The third-order valence-corrected chi connectivity index (χ3v) is 3.55. The van der Waals surface area contributed by atoms with Crippen molar-refractivity contribution in [3.05, 3.63) is 12.4 Å². The van der Waals surface area contributed by atoms with E-state index in [1.54, 1.807) is 10.9 Å². The van der Waals surface area contributed by atoms with Crippen molar-refractivity contribution in [2.24, 2.45) is 11.1 Å². The van der Waals surface area contributed by atoms with Gasteiger partial charge in [-0.3, -0.25) is 9.48 Å². The van der Waals surface area contributed by atoms with Crippen LogP contribution < -0.4 is 11.1 Å². The van der Waals surface area contributed by atoms with Gasteiger partial charge in [-0.25, -0.2) is 0 Å². The van der Waals surface area contributed by atoms with E-state index in [4.69, 9.17) is 5.73 Å². The van der Waals surface area contributed by atoms with Gasteiger partial charge in [-0.05, 0) is 19.3 Å². The van der Waals surface area contributed by atoms with E-state index in [0.717, 1.165) is 25.8 Å². The average molecular weight is 253 g/mol. The number of nitrogens with one attached hydrogen (secondary N) is 1. The number of hydrogen-bond donors (Lipinski definition) is 2. The van der Waals surface area contributed by atoms with Crippen LogP contribution in [-0.4, -0.2) is 34.0 Å². The molecule has 102 valence electrons. The smallest absolute Gasteiger partial charge is 0.227 e. The number of nitrogens with zero attached hydrogens (tertiary/aromatic N) is 3. The van der Waals surface area contributed by atoms with Crippen LogP contribution >= 0.6 is 0 Å². The Hall–Kier alpha value is -1.43. The molecule has 0 aliphatic rings. The van der Waals surface area contributed by atoms with Crippen molar-refractivity contribution < 1.29 is 4.79 Å². The highest BCUT2D eigenvalue weighted by atomic mass is 16.2. The van der Waals surface area contributed by atoms with Crippen molar-refractivity contribution in [3.63, 3.8) is 0 Å². The first-order valence-electron chi connectivity index (χ1n) is 6.51. The fourth-order valence-electron chi connectivity index (χ4n) is 1.93. The molecule has 0 aliphatic heterocycles. The quantitative estimate of drug-likeness (QED) is 0.662. The largest absolute Gasteiger partial charge is 0.356 e. The average Bonchev–Trinajstić information content (AvgIpc) is 2.90. The fourth-order valence-corrected chi connectivity index (χ4v) is 1.93. The zero-order valence-corrected chi connectivity index (χ0v) is 11.2. The second kappa shape index (κ2) is 7.10. The van der Waals surface area contributed by atoms with Gasteiger partial charge >= 0.3 is 0 Å². The summed E-state index contributed by atoms with van der Waals surface area (Å²) in [5.41, 5.74) is 5.32. The van der Waals surface area contributed by atoms with Crippen LogP contribution in [0.4, 0.5) is 0 Å². The minimum atomic E-state index is -0.409. The maximum atomic E-state index is 12.1. The minimum Gasteiger partial charge on any atom is -0.356 e. The van der Waals surface area contributed by atoms with E-state index >= 15 is 0 Å². The molecule has 0 unspecified atom stereocenters. The minimum absolute atomic E-state index is 0.0635. The van der Waals surface area contributed by atoms with E-state index in [9.17, 15) is 4.79 Å². The van der Waals surface area contributed by atoms with Crippen LogP contribution in [0.2, 0.25) is 0 Å². The molecule has 0 aliphatic carbocycles. The van der Waals surface area contributed by atoms with Gasteiger partial charge in [0.25, 0.3) is 0 Å². The number of carbonyl (C=O) groups is 1. The lowest BCUT2D eigenvalue weighted by atomic mass is 9.81. The first-order valence-corrected chi connectivity index (χ1v) is 6.51. The zero-order valence-electron chi connectivity index (χ0n) is 11.2. The number of hydrogen-bond acceptors (Lipinski definition) is 4. The van der Waals surface area contributed by atoms with E-state index in [1.165, 1.54) is 0 Å². The van der Waals surface area contributed by atoms with E-state index < -0.39 is 5.41 Å². The summed E-state index contributed by atoms with van der Waals surface area (Å²) >= 11 is 0. The first kappa shape index (κ1) is 14.6. The third-order valence-electron chi connectivity index (χ3n) is 3.55. The Morgan fingerprint density at radius 1 is 1.44 bits per heavy atom. The van der Waals surface area contributed by atoms with Crippen LogP contribution in [0.5, 0.6) is 0 Å². The topological polar surface area (TPSA) is 85.8 Å². The predicted molar refractivity (Wildman–Crippen MR) is 69.7 cm³/mol. The van der Waals surface area contributed by atoms with Gasteiger partial charge in [-0.15, -0.1) is 5.10 Å². The summed E-state index contributed by atoms with van der Waals surface area (Å²) < 4.78 is 1.75. The third kappa shape index (κ3) is 3.53.